The Morgan fingerprint density at radius 2 is 2.04 bits per heavy atom. The third-order valence-corrected chi connectivity index (χ3v) is 4.74. The van der Waals surface area contributed by atoms with Crippen molar-refractivity contribution in [2.45, 2.75) is 45.2 Å². The Balaban J connectivity index is 1.51. The molecule has 3 rings (SSSR count). The number of amides is 2. The highest BCUT2D eigenvalue weighted by Crippen LogP contribution is 2.24. The second kappa shape index (κ2) is 8.16. The molecule has 0 radical (unpaired) electrons. The molecule has 0 spiro atoms. The molecule has 2 atom stereocenters. The molecule has 0 saturated heterocycles. The fraction of sp³-hybridized carbons (Fsp3) is 0.474. The lowest BCUT2D eigenvalue weighted by Gasteiger charge is -2.30. The Morgan fingerprint density at radius 3 is 2.80 bits per heavy atom. The van der Waals surface area contributed by atoms with Crippen LogP contribution in [0.25, 0.3) is 11.5 Å². The summed E-state index contributed by atoms with van der Waals surface area (Å²) in [6.07, 6.45) is 5.65. The van der Waals surface area contributed by atoms with Crippen LogP contribution >= 0.6 is 0 Å². The van der Waals surface area contributed by atoms with Gasteiger partial charge in [-0.15, -0.1) is 0 Å². The van der Waals surface area contributed by atoms with E-state index >= 15 is 0 Å². The van der Waals surface area contributed by atoms with Crippen molar-refractivity contribution in [3.63, 3.8) is 0 Å². The Kier molecular flexibility index (Phi) is 5.71. The summed E-state index contributed by atoms with van der Waals surface area (Å²) in [5, 5.41) is 15.2. The Bertz CT molecular complexity index is 696. The zero-order chi connectivity index (χ0) is 17.6. The Morgan fingerprint density at radius 1 is 1.28 bits per heavy atom. The van der Waals surface area contributed by atoms with Crippen LogP contribution in [0.5, 0.6) is 0 Å². The number of aromatic nitrogens is 1. The van der Waals surface area contributed by atoms with E-state index in [2.05, 4.69) is 15.6 Å². The summed E-state index contributed by atoms with van der Waals surface area (Å²) in [5.74, 6) is 0.699. The monoisotopic (exact) mass is 343 g/mol. The third-order valence-electron chi connectivity index (χ3n) is 4.74. The normalized spacial score (nSPS) is 20.2. The smallest absolute Gasteiger partial charge is 0.315 e. The lowest BCUT2D eigenvalue weighted by atomic mass is 9.85. The standard InChI is InChI=1S/C19H25N3O3/c1-13-6-8-14(9-7-13)18-21-16(12-25-18)10-20-19(24)22-17-5-3-2-4-15(17)11-23/h6-9,12,15,17,23H,2-5,10-11H2,1H3,(H2,20,22,24). The van der Waals surface area contributed by atoms with E-state index < -0.39 is 0 Å². The molecule has 25 heavy (non-hydrogen) atoms. The molecule has 1 aliphatic rings. The molecular weight excluding hydrogens is 318 g/mol. The van der Waals surface area contributed by atoms with Crippen LogP contribution < -0.4 is 10.6 Å². The van der Waals surface area contributed by atoms with Crippen LogP contribution in [0.3, 0.4) is 0 Å². The van der Waals surface area contributed by atoms with Crippen molar-refractivity contribution in [2.75, 3.05) is 6.61 Å². The molecule has 6 heteroatoms. The first-order valence-electron chi connectivity index (χ1n) is 8.82. The quantitative estimate of drug-likeness (QED) is 0.779. The van der Waals surface area contributed by atoms with Crippen molar-refractivity contribution in [3.8, 4) is 11.5 Å². The van der Waals surface area contributed by atoms with Crippen LogP contribution in [0.15, 0.2) is 34.9 Å². The van der Waals surface area contributed by atoms with Gasteiger partial charge in [0.2, 0.25) is 5.89 Å². The van der Waals surface area contributed by atoms with E-state index in [0.717, 1.165) is 31.2 Å². The van der Waals surface area contributed by atoms with Gasteiger partial charge in [0.25, 0.3) is 0 Å². The largest absolute Gasteiger partial charge is 0.444 e. The van der Waals surface area contributed by atoms with Gasteiger partial charge < -0.3 is 20.2 Å². The number of rotatable bonds is 5. The first kappa shape index (κ1) is 17.5. The van der Waals surface area contributed by atoms with Crippen LogP contribution in [-0.4, -0.2) is 28.8 Å². The van der Waals surface area contributed by atoms with Crippen molar-refractivity contribution < 1.29 is 14.3 Å². The maximum absolute atomic E-state index is 12.1. The lowest BCUT2D eigenvalue weighted by molar-refractivity contribution is 0.153. The minimum Gasteiger partial charge on any atom is -0.444 e. The minimum absolute atomic E-state index is 0.0409. The van der Waals surface area contributed by atoms with Crippen molar-refractivity contribution in [2.24, 2.45) is 5.92 Å². The van der Waals surface area contributed by atoms with Gasteiger partial charge in [0.05, 0.1) is 12.2 Å². The average molecular weight is 343 g/mol. The van der Waals surface area contributed by atoms with Crippen molar-refractivity contribution in [1.29, 1.82) is 0 Å². The summed E-state index contributed by atoms with van der Waals surface area (Å²) >= 11 is 0. The molecular formula is C19H25N3O3. The fourth-order valence-corrected chi connectivity index (χ4v) is 3.22. The molecule has 2 amide bonds. The number of nitrogens with zero attached hydrogens (tertiary/aromatic N) is 1. The highest BCUT2D eigenvalue weighted by atomic mass is 16.3. The highest BCUT2D eigenvalue weighted by molar-refractivity contribution is 5.74. The number of hydrogen-bond donors (Lipinski definition) is 3. The number of oxazole rings is 1. The molecule has 6 nitrogen and oxygen atoms in total. The number of urea groups is 1. The first-order chi connectivity index (χ1) is 12.2. The van der Waals surface area contributed by atoms with E-state index in [1.807, 2.05) is 31.2 Å². The van der Waals surface area contributed by atoms with E-state index in [-0.39, 0.29) is 24.6 Å². The van der Waals surface area contributed by atoms with Crippen LogP contribution in [0, 0.1) is 12.8 Å². The molecule has 1 aromatic heterocycles. The second-order valence-electron chi connectivity index (χ2n) is 6.67. The SMILES string of the molecule is Cc1ccc(-c2nc(CNC(=O)NC3CCCCC3CO)co2)cc1. The van der Waals surface area contributed by atoms with Gasteiger partial charge in [-0.1, -0.05) is 30.5 Å². The molecule has 0 aliphatic heterocycles. The lowest BCUT2D eigenvalue weighted by Crippen LogP contribution is -2.47. The minimum atomic E-state index is -0.231. The van der Waals surface area contributed by atoms with Crippen LogP contribution in [0.2, 0.25) is 0 Å². The molecule has 1 heterocycles. The third kappa shape index (κ3) is 4.60. The molecule has 2 aromatic rings. The average Bonchev–Trinajstić information content (AvgIpc) is 3.10. The maximum Gasteiger partial charge on any atom is 0.315 e. The predicted molar refractivity (Wildman–Crippen MR) is 94.9 cm³/mol. The van der Waals surface area contributed by atoms with Gasteiger partial charge in [0.1, 0.15) is 6.26 Å². The fourth-order valence-electron chi connectivity index (χ4n) is 3.22. The molecule has 1 aromatic carbocycles. The Hall–Kier alpha value is -2.34. The summed E-state index contributed by atoms with van der Waals surface area (Å²) < 4.78 is 5.49. The molecule has 1 saturated carbocycles. The van der Waals surface area contributed by atoms with E-state index in [9.17, 15) is 9.90 Å². The van der Waals surface area contributed by atoms with Gasteiger partial charge in [0, 0.05) is 24.1 Å². The summed E-state index contributed by atoms with van der Waals surface area (Å²) in [6, 6.07) is 7.75. The van der Waals surface area contributed by atoms with E-state index in [4.69, 9.17) is 4.42 Å². The number of nitrogens with one attached hydrogen (secondary N) is 2. The molecule has 134 valence electrons. The van der Waals surface area contributed by atoms with Crippen molar-refractivity contribution in [3.05, 3.63) is 41.8 Å². The zero-order valence-electron chi connectivity index (χ0n) is 14.5. The van der Waals surface area contributed by atoms with Crippen molar-refractivity contribution in [1.82, 2.24) is 15.6 Å². The van der Waals surface area contributed by atoms with E-state index in [0.29, 0.717) is 18.1 Å². The Labute approximate surface area is 147 Å². The van der Waals surface area contributed by atoms with Gasteiger partial charge >= 0.3 is 6.03 Å². The highest BCUT2D eigenvalue weighted by Gasteiger charge is 2.25. The maximum atomic E-state index is 12.1. The molecule has 3 N–H and O–H groups in total. The van der Waals surface area contributed by atoms with E-state index in [1.165, 1.54) is 5.56 Å². The molecule has 0 bridgehead atoms. The molecule has 2 unspecified atom stereocenters. The number of aliphatic hydroxyl groups excluding tert-OH is 1. The zero-order valence-corrected chi connectivity index (χ0v) is 14.5. The number of carbonyl (C=O) groups excluding carboxylic acids is 1. The summed E-state index contributed by atoms with van der Waals surface area (Å²) in [5.41, 5.74) is 2.76. The molecule has 1 aliphatic carbocycles. The van der Waals surface area contributed by atoms with Crippen molar-refractivity contribution >= 4 is 6.03 Å². The van der Waals surface area contributed by atoms with Crippen LogP contribution in [0.1, 0.15) is 36.9 Å². The van der Waals surface area contributed by atoms with Crippen LogP contribution in [0.4, 0.5) is 4.79 Å². The topological polar surface area (TPSA) is 87.4 Å². The first-order valence-corrected chi connectivity index (χ1v) is 8.82. The second-order valence-corrected chi connectivity index (χ2v) is 6.67. The van der Waals surface area contributed by atoms with Gasteiger partial charge in [-0.25, -0.2) is 9.78 Å². The number of hydrogen-bond acceptors (Lipinski definition) is 4. The number of aliphatic hydroxyl groups is 1. The van der Waals surface area contributed by atoms with Gasteiger partial charge in [0.15, 0.2) is 0 Å². The summed E-state index contributed by atoms with van der Waals surface area (Å²) in [7, 11) is 0. The number of aryl methyl sites for hydroxylation is 1. The number of benzene rings is 1. The number of carbonyl (C=O) groups is 1. The summed E-state index contributed by atoms with van der Waals surface area (Å²) in [6.45, 7) is 2.45. The van der Waals surface area contributed by atoms with E-state index in [1.54, 1.807) is 6.26 Å². The van der Waals surface area contributed by atoms with Gasteiger partial charge in [-0.3, -0.25) is 0 Å². The van der Waals surface area contributed by atoms with Gasteiger partial charge in [-0.05, 0) is 31.9 Å². The molecule has 1 fully saturated rings. The van der Waals surface area contributed by atoms with Gasteiger partial charge in [-0.2, -0.15) is 0 Å². The van der Waals surface area contributed by atoms with Crippen LogP contribution in [-0.2, 0) is 6.54 Å². The summed E-state index contributed by atoms with van der Waals surface area (Å²) in [4.78, 5) is 16.5. The predicted octanol–water partition coefficient (Wildman–Crippen LogP) is 3.00.